The first-order valence-corrected chi connectivity index (χ1v) is 12.8. The van der Waals surface area contributed by atoms with E-state index in [1.807, 2.05) is 30.3 Å². The number of carbonyl (C=O) groups excluding carboxylic acids is 2. The first-order valence-electron chi connectivity index (χ1n) is 11.3. The summed E-state index contributed by atoms with van der Waals surface area (Å²) in [7, 11) is -1.20. The number of benzene rings is 2. The molecule has 0 aliphatic carbocycles. The number of hydrogen-bond donors (Lipinski definition) is 1. The number of ether oxygens (including phenoxy) is 3. The van der Waals surface area contributed by atoms with E-state index < -0.39 is 22.2 Å². The molecule has 0 unspecified atom stereocenters. The number of carbonyl (C=O) groups is 2. The Kier molecular flexibility index (Phi) is 8.94. The Morgan fingerprint density at radius 1 is 0.943 bits per heavy atom. The number of nitrogens with one attached hydrogen (secondary N) is 1. The van der Waals surface area contributed by atoms with Gasteiger partial charge in [-0.25, -0.2) is 13.2 Å². The number of nitrogens with zero attached hydrogens (tertiary/aromatic N) is 2. The molecule has 1 heterocycles. The molecule has 1 N–H and O–H groups in total. The molecule has 0 saturated carbocycles. The molecule has 1 aliphatic rings. The van der Waals surface area contributed by atoms with Gasteiger partial charge < -0.3 is 24.0 Å². The van der Waals surface area contributed by atoms with Gasteiger partial charge in [0.1, 0.15) is 6.04 Å². The Labute approximate surface area is 205 Å². The molecule has 2 aromatic rings. The van der Waals surface area contributed by atoms with Crippen molar-refractivity contribution in [2.24, 2.45) is 0 Å². The van der Waals surface area contributed by atoms with Gasteiger partial charge in [-0.05, 0) is 31.0 Å². The minimum absolute atomic E-state index is 0.0480. The Hall–Kier alpha value is -3.31. The number of rotatable bonds is 9. The van der Waals surface area contributed by atoms with Gasteiger partial charge in [-0.15, -0.1) is 0 Å². The van der Waals surface area contributed by atoms with E-state index in [9.17, 15) is 18.0 Å². The molecule has 10 nitrogen and oxygen atoms in total. The molecular formula is C24H31N3O7S. The standard InChI is InChI=1S/C24H31N3O7S/c1-4-34-24(29)27-14-12-26(13-15-27)23(28)20(16-18-8-6-5-7-9-18)25-35(30,31)19-10-11-21(32-2)22(17-19)33-3/h5-11,17,20,25H,4,12-16H2,1-3H3/t20-/m0/s1. The summed E-state index contributed by atoms with van der Waals surface area (Å²) >= 11 is 0. The topological polar surface area (TPSA) is 114 Å². The van der Waals surface area contributed by atoms with Crippen molar-refractivity contribution in [2.75, 3.05) is 47.0 Å². The lowest BCUT2D eigenvalue weighted by atomic mass is 10.1. The molecule has 0 bridgehead atoms. The molecule has 3 rings (SSSR count). The van der Waals surface area contributed by atoms with Gasteiger partial charge in [-0.1, -0.05) is 30.3 Å². The average Bonchev–Trinajstić information content (AvgIpc) is 2.88. The van der Waals surface area contributed by atoms with Crippen molar-refractivity contribution in [1.82, 2.24) is 14.5 Å². The summed E-state index contributed by atoms with van der Waals surface area (Å²) in [6.45, 7) is 3.18. The quantitative estimate of drug-likeness (QED) is 0.554. The zero-order valence-corrected chi connectivity index (χ0v) is 20.9. The molecule has 1 saturated heterocycles. The van der Waals surface area contributed by atoms with Crippen molar-refractivity contribution < 1.29 is 32.2 Å². The highest BCUT2D eigenvalue weighted by Gasteiger charge is 2.32. The van der Waals surface area contributed by atoms with Crippen molar-refractivity contribution in [1.29, 1.82) is 0 Å². The Bertz CT molecular complexity index is 1120. The summed E-state index contributed by atoms with van der Waals surface area (Å²) < 4.78 is 44.5. The fourth-order valence-corrected chi connectivity index (χ4v) is 5.02. The second-order valence-corrected chi connectivity index (χ2v) is 9.61. The Morgan fingerprint density at radius 3 is 2.17 bits per heavy atom. The summed E-state index contributed by atoms with van der Waals surface area (Å²) in [6.07, 6.45) is -0.251. The summed E-state index contributed by atoms with van der Waals surface area (Å²) in [5.41, 5.74) is 0.811. The number of methoxy groups -OCH3 is 2. The van der Waals surface area contributed by atoms with E-state index in [-0.39, 0.29) is 42.7 Å². The molecular weight excluding hydrogens is 474 g/mol. The van der Waals surface area contributed by atoms with Gasteiger partial charge in [0.15, 0.2) is 11.5 Å². The summed E-state index contributed by atoms with van der Waals surface area (Å²) in [4.78, 5) is 28.5. The largest absolute Gasteiger partial charge is 0.493 e. The highest BCUT2D eigenvalue weighted by Crippen LogP contribution is 2.29. The third-order valence-corrected chi connectivity index (χ3v) is 7.13. The average molecular weight is 506 g/mol. The Morgan fingerprint density at radius 2 is 1.57 bits per heavy atom. The van der Waals surface area contributed by atoms with Crippen molar-refractivity contribution in [3.05, 3.63) is 54.1 Å². The molecule has 1 fully saturated rings. The number of hydrogen-bond acceptors (Lipinski definition) is 7. The smallest absolute Gasteiger partial charge is 0.409 e. The number of sulfonamides is 1. The highest BCUT2D eigenvalue weighted by atomic mass is 32.2. The lowest BCUT2D eigenvalue weighted by Gasteiger charge is -2.36. The first-order chi connectivity index (χ1) is 16.8. The van der Waals surface area contributed by atoms with Gasteiger partial charge in [0.2, 0.25) is 15.9 Å². The van der Waals surface area contributed by atoms with E-state index in [1.165, 1.54) is 37.3 Å². The van der Waals surface area contributed by atoms with Crippen LogP contribution < -0.4 is 14.2 Å². The van der Waals surface area contributed by atoms with Crippen LogP contribution in [-0.4, -0.2) is 83.3 Å². The van der Waals surface area contributed by atoms with Gasteiger partial charge in [-0.2, -0.15) is 4.72 Å². The van der Waals surface area contributed by atoms with Crippen LogP contribution in [0.5, 0.6) is 11.5 Å². The third kappa shape index (κ3) is 6.64. The summed E-state index contributed by atoms with van der Waals surface area (Å²) in [5.74, 6) is 0.292. The van der Waals surface area contributed by atoms with Crippen LogP contribution >= 0.6 is 0 Å². The maximum Gasteiger partial charge on any atom is 0.409 e. The summed E-state index contributed by atoms with van der Waals surface area (Å²) in [5, 5.41) is 0. The van der Waals surface area contributed by atoms with Crippen molar-refractivity contribution >= 4 is 22.0 Å². The van der Waals surface area contributed by atoms with Crippen molar-refractivity contribution in [3.8, 4) is 11.5 Å². The van der Waals surface area contributed by atoms with E-state index in [0.717, 1.165) is 5.56 Å². The predicted molar refractivity (Wildman–Crippen MR) is 129 cm³/mol. The van der Waals surface area contributed by atoms with Crippen LogP contribution in [0.3, 0.4) is 0 Å². The van der Waals surface area contributed by atoms with Crippen LogP contribution in [0.2, 0.25) is 0 Å². The molecule has 190 valence electrons. The second-order valence-electron chi connectivity index (χ2n) is 7.89. The maximum absolute atomic E-state index is 13.5. The minimum Gasteiger partial charge on any atom is -0.493 e. The fourth-order valence-electron chi connectivity index (χ4n) is 3.81. The van der Waals surface area contributed by atoms with Crippen LogP contribution in [0.25, 0.3) is 0 Å². The molecule has 0 spiro atoms. The summed E-state index contributed by atoms with van der Waals surface area (Å²) in [6, 6.07) is 12.4. The molecule has 35 heavy (non-hydrogen) atoms. The van der Waals surface area contributed by atoms with E-state index in [0.29, 0.717) is 18.8 Å². The second kappa shape index (κ2) is 11.9. The third-order valence-electron chi connectivity index (χ3n) is 5.66. The zero-order valence-electron chi connectivity index (χ0n) is 20.1. The van der Waals surface area contributed by atoms with Gasteiger partial charge >= 0.3 is 6.09 Å². The monoisotopic (exact) mass is 505 g/mol. The first kappa shape index (κ1) is 26.3. The normalized spacial score (nSPS) is 14.8. The van der Waals surface area contributed by atoms with Crippen LogP contribution in [0.1, 0.15) is 12.5 Å². The van der Waals surface area contributed by atoms with Crippen molar-refractivity contribution in [2.45, 2.75) is 24.3 Å². The number of piperazine rings is 1. The van der Waals surface area contributed by atoms with Gasteiger partial charge in [-0.3, -0.25) is 4.79 Å². The fraction of sp³-hybridized carbons (Fsp3) is 0.417. The van der Waals surface area contributed by atoms with Crippen LogP contribution in [0.4, 0.5) is 4.79 Å². The SMILES string of the molecule is CCOC(=O)N1CCN(C(=O)[C@H](Cc2ccccc2)NS(=O)(=O)c2ccc(OC)c(OC)c2)CC1. The lowest BCUT2D eigenvalue weighted by molar-refractivity contribution is -0.134. The zero-order chi connectivity index (χ0) is 25.4. The van der Waals surface area contributed by atoms with E-state index in [2.05, 4.69) is 4.72 Å². The highest BCUT2D eigenvalue weighted by molar-refractivity contribution is 7.89. The van der Waals surface area contributed by atoms with E-state index >= 15 is 0 Å². The van der Waals surface area contributed by atoms with Crippen LogP contribution in [-0.2, 0) is 26.0 Å². The van der Waals surface area contributed by atoms with E-state index in [1.54, 1.807) is 11.8 Å². The van der Waals surface area contributed by atoms with Gasteiger partial charge in [0.25, 0.3) is 0 Å². The van der Waals surface area contributed by atoms with Crippen LogP contribution in [0, 0.1) is 0 Å². The molecule has 2 amide bonds. The van der Waals surface area contributed by atoms with Crippen molar-refractivity contribution in [3.63, 3.8) is 0 Å². The molecule has 0 aromatic heterocycles. The van der Waals surface area contributed by atoms with Crippen LogP contribution in [0.15, 0.2) is 53.4 Å². The minimum atomic E-state index is -4.07. The molecule has 0 radical (unpaired) electrons. The maximum atomic E-state index is 13.5. The molecule has 2 aromatic carbocycles. The Balaban J connectivity index is 1.81. The van der Waals surface area contributed by atoms with Gasteiger partial charge in [0.05, 0.1) is 25.7 Å². The van der Waals surface area contributed by atoms with Gasteiger partial charge in [0, 0.05) is 32.2 Å². The predicted octanol–water partition coefficient (Wildman–Crippen LogP) is 1.89. The molecule has 1 atom stereocenters. The number of amides is 2. The van der Waals surface area contributed by atoms with E-state index in [4.69, 9.17) is 14.2 Å². The lowest BCUT2D eigenvalue weighted by Crippen LogP contribution is -2.56. The molecule has 1 aliphatic heterocycles. The molecule has 11 heteroatoms.